The van der Waals surface area contributed by atoms with Gasteiger partial charge in [-0.1, -0.05) is 24.3 Å². The molecule has 0 unspecified atom stereocenters. The van der Waals surface area contributed by atoms with E-state index in [1.807, 2.05) is 36.4 Å². The maximum atomic E-state index is 9.09. The number of hydrogen-bond donors (Lipinski definition) is 1. The number of nitriles is 1. The number of nitrogens with two attached hydrogens (primary N) is 1. The van der Waals surface area contributed by atoms with Gasteiger partial charge in [-0.2, -0.15) is 5.26 Å². The number of ether oxygens (including phenoxy) is 2. The van der Waals surface area contributed by atoms with Crippen molar-refractivity contribution in [3.05, 3.63) is 59.2 Å². The van der Waals surface area contributed by atoms with Crippen LogP contribution in [0.15, 0.2) is 42.5 Å². The monoisotopic (exact) mass is 282 g/mol. The first-order valence-corrected chi connectivity index (χ1v) is 6.76. The Hall–Kier alpha value is -2.51. The van der Waals surface area contributed by atoms with Gasteiger partial charge < -0.3 is 15.2 Å². The maximum Gasteiger partial charge on any atom is 0.126 e. The van der Waals surface area contributed by atoms with E-state index >= 15 is 0 Å². The Morgan fingerprint density at radius 3 is 2.67 bits per heavy atom. The van der Waals surface area contributed by atoms with Crippen molar-refractivity contribution in [2.45, 2.75) is 13.0 Å². The second kappa shape index (κ2) is 7.32. The largest absolute Gasteiger partial charge is 0.497 e. The van der Waals surface area contributed by atoms with Gasteiger partial charge in [0.05, 0.1) is 18.7 Å². The standard InChI is InChI=1S/C17H18N2O2/c1-20-16-7-6-13(8-9-18)17(10-16)21-12-15-5-3-2-4-14(15)11-19/h2-7,10H,8-9,12,18H2,1H3. The van der Waals surface area contributed by atoms with Crippen molar-refractivity contribution in [2.24, 2.45) is 5.73 Å². The van der Waals surface area contributed by atoms with Gasteiger partial charge in [0.25, 0.3) is 0 Å². The summed E-state index contributed by atoms with van der Waals surface area (Å²) in [5, 5.41) is 9.09. The summed E-state index contributed by atoms with van der Waals surface area (Å²) >= 11 is 0. The molecule has 0 aliphatic rings. The first-order chi connectivity index (χ1) is 10.3. The molecule has 2 aromatic rings. The molecule has 0 amide bonds. The molecule has 0 bridgehead atoms. The summed E-state index contributed by atoms with van der Waals surface area (Å²) in [6.07, 6.45) is 0.735. The SMILES string of the molecule is COc1ccc(CCN)c(OCc2ccccc2C#N)c1. The van der Waals surface area contributed by atoms with E-state index < -0.39 is 0 Å². The number of hydrogen-bond acceptors (Lipinski definition) is 4. The van der Waals surface area contributed by atoms with Gasteiger partial charge >= 0.3 is 0 Å². The average molecular weight is 282 g/mol. The molecular weight excluding hydrogens is 264 g/mol. The van der Waals surface area contributed by atoms with Crippen molar-refractivity contribution in [1.29, 1.82) is 5.26 Å². The van der Waals surface area contributed by atoms with Crippen LogP contribution in [-0.4, -0.2) is 13.7 Å². The molecule has 0 atom stereocenters. The van der Waals surface area contributed by atoms with Gasteiger partial charge in [0.1, 0.15) is 18.1 Å². The summed E-state index contributed by atoms with van der Waals surface area (Å²) in [6.45, 7) is 0.895. The molecule has 0 aliphatic heterocycles. The van der Waals surface area contributed by atoms with Crippen LogP contribution in [0.25, 0.3) is 0 Å². The Morgan fingerprint density at radius 2 is 1.95 bits per heavy atom. The lowest BCUT2D eigenvalue weighted by Crippen LogP contribution is -2.06. The number of methoxy groups -OCH3 is 1. The minimum atomic E-state index is 0.342. The fourth-order valence-corrected chi connectivity index (χ4v) is 2.07. The lowest BCUT2D eigenvalue weighted by molar-refractivity contribution is 0.300. The van der Waals surface area contributed by atoms with Crippen LogP contribution in [0.2, 0.25) is 0 Å². The van der Waals surface area contributed by atoms with E-state index in [2.05, 4.69) is 6.07 Å². The number of nitrogens with zero attached hydrogens (tertiary/aromatic N) is 1. The Balaban J connectivity index is 2.20. The molecule has 0 saturated carbocycles. The fourth-order valence-electron chi connectivity index (χ4n) is 2.07. The molecule has 0 radical (unpaired) electrons. The molecular formula is C17H18N2O2. The highest BCUT2D eigenvalue weighted by Crippen LogP contribution is 2.26. The second-order valence-corrected chi connectivity index (χ2v) is 4.57. The van der Waals surface area contributed by atoms with Gasteiger partial charge in [-0.05, 0) is 30.7 Å². The van der Waals surface area contributed by atoms with E-state index in [0.29, 0.717) is 18.7 Å². The molecule has 0 heterocycles. The van der Waals surface area contributed by atoms with Crippen molar-refractivity contribution in [3.8, 4) is 17.6 Å². The van der Waals surface area contributed by atoms with E-state index in [1.165, 1.54) is 0 Å². The molecule has 4 nitrogen and oxygen atoms in total. The molecule has 2 rings (SSSR count). The molecule has 0 aliphatic carbocycles. The summed E-state index contributed by atoms with van der Waals surface area (Å²) < 4.78 is 11.1. The van der Waals surface area contributed by atoms with Crippen molar-refractivity contribution in [2.75, 3.05) is 13.7 Å². The Morgan fingerprint density at radius 1 is 1.14 bits per heavy atom. The minimum Gasteiger partial charge on any atom is -0.497 e. The van der Waals surface area contributed by atoms with Crippen LogP contribution < -0.4 is 15.2 Å². The van der Waals surface area contributed by atoms with Crippen LogP contribution in [-0.2, 0) is 13.0 Å². The van der Waals surface area contributed by atoms with Crippen molar-refractivity contribution < 1.29 is 9.47 Å². The van der Waals surface area contributed by atoms with Crippen molar-refractivity contribution in [3.63, 3.8) is 0 Å². The van der Waals surface area contributed by atoms with Gasteiger partial charge in [-0.25, -0.2) is 0 Å². The lowest BCUT2D eigenvalue weighted by atomic mass is 10.1. The van der Waals surface area contributed by atoms with Crippen LogP contribution in [0.5, 0.6) is 11.5 Å². The van der Waals surface area contributed by atoms with Gasteiger partial charge in [-0.3, -0.25) is 0 Å². The number of benzene rings is 2. The van der Waals surface area contributed by atoms with Gasteiger partial charge in [0, 0.05) is 11.6 Å². The van der Waals surface area contributed by atoms with Crippen LogP contribution in [0, 0.1) is 11.3 Å². The Bertz CT molecular complexity index is 647. The van der Waals surface area contributed by atoms with Gasteiger partial charge in [0.2, 0.25) is 0 Å². The minimum absolute atomic E-state index is 0.342. The fraction of sp³-hybridized carbons (Fsp3) is 0.235. The van der Waals surface area contributed by atoms with Crippen molar-refractivity contribution >= 4 is 0 Å². The Labute approximate surface area is 124 Å². The summed E-state index contributed by atoms with van der Waals surface area (Å²) in [4.78, 5) is 0. The normalized spacial score (nSPS) is 9.95. The molecule has 2 aromatic carbocycles. The zero-order valence-corrected chi connectivity index (χ0v) is 12.0. The second-order valence-electron chi connectivity index (χ2n) is 4.57. The highest BCUT2D eigenvalue weighted by atomic mass is 16.5. The first kappa shape index (κ1) is 14.9. The molecule has 0 saturated heterocycles. The third-order valence-corrected chi connectivity index (χ3v) is 3.21. The molecule has 0 aromatic heterocycles. The Kier molecular flexibility index (Phi) is 5.19. The predicted molar refractivity (Wildman–Crippen MR) is 81.2 cm³/mol. The third-order valence-electron chi connectivity index (χ3n) is 3.21. The third kappa shape index (κ3) is 3.74. The smallest absolute Gasteiger partial charge is 0.126 e. The van der Waals surface area contributed by atoms with Crippen LogP contribution >= 0.6 is 0 Å². The maximum absolute atomic E-state index is 9.09. The highest BCUT2D eigenvalue weighted by molar-refractivity contribution is 5.42. The van der Waals surface area contributed by atoms with E-state index in [9.17, 15) is 0 Å². The zero-order chi connectivity index (χ0) is 15.1. The zero-order valence-electron chi connectivity index (χ0n) is 12.0. The number of rotatable bonds is 6. The highest BCUT2D eigenvalue weighted by Gasteiger charge is 2.07. The van der Waals surface area contributed by atoms with E-state index in [1.54, 1.807) is 13.2 Å². The van der Waals surface area contributed by atoms with Gasteiger partial charge in [0.15, 0.2) is 0 Å². The molecule has 0 fully saturated rings. The van der Waals surface area contributed by atoms with E-state index in [-0.39, 0.29) is 0 Å². The summed E-state index contributed by atoms with van der Waals surface area (Å²) in [6, 6.07) is 15.3. The molecule has 2 N–H and O–H groups in total. The van der Waals surface area contributed by atoms with Gasteiger partial charge in [-0.15, -0.1) is 0 Å². The quantitative estimate of drug-likeness (QED) is 0.884. The predicted octanol–water partition coefficient (Wildman–Crippen LogP) is 2.65. The van der Waals surface area contributed by atoms with Crippen LogP contribution in [0.3, 0.4) is 0 Å². The average Bonchev–Trinajstić information content (AvgIpc) is 2.54. The summed E-state index contributed by atoms with van der Waals surface area (Å²) in [7, 11) is 1.62. The summed E-state index contributed by atoms with van der Waals surface area (Å²) in [5.74, 6) is 1.48. The first-order valence-electron chi connectivity index (χ1n) is 6.76. The lowest BCUT2D eigenvalue weighted by Gasteiger charge is -2.13. The molecule has 0 spiro atoms. The van der Waals surface area contributed by atoms with Crippen LogP contribution in [0.1, 0.15) is 16.7 Å². The van der Waals surface area contributed by atoms with Crippen molar-refractivity contribution in [1.82, 2.24) is 0 Å². The van der Waals surface area contributed by atoms with Crippen LogP contribution in [0.4, 0.5) is 0 Å². The summed E-state index contributed by atoms with van der Waals surface area (Å²) in [5.41, 5.74) is 8.15. The van der Waals surface area contributed by atoms with E-state index in [0.717, 1.165) is 29.0 Å². The van der Waals surface area contributed by atoms with E-state index in [4.69, 9.17) is 20.5 Å². The topological polar surface area (TPSA) is 68.3 Å². The molecule has 4 heteroatoms. The molecule has 21 heavy (non-hydrogen) atoms. The molecule has 108 valence electrons.